The number of tetrazole rings is 1. The first-order valence-electron chi connectivity index (χ1n) is 11.0. The maximum Gasteiger partial charge on any atom is 0.326 e. The summed E-state index contributed by atoms with van der Waals surface area (Å²) in [5, 5.41) is 24.6. The van der Waals surface area contributed by atoms with Crippen LogP contribution in [0.4, 0.5) is 0 Å². The number of phenolic OH excluding ortho intramolecular Hbond substituents is 1. The number of benzene rings is 2. The number of H-pyrrole nitrogens is 2. The summed E-state index contributed by atoms with van der Waals surface area (Å²) >= 11 is 0. The Labute approximate surface area is 195 Å². The van der Waals surface area contributed by atoms with E-state index in [0.29, 0.717) is 30.0 Å². The van der Waals surface area contributed by atoms with Crippen LogP contribution >= 0.6 is 0 Å². The minimum absolute atomic E-state index is 0.146. The molecule has 0 aliphatic rings. The van der Waals surface area contributed by atoms with Gasteiger partial charge in [-0.25, -0.2) is 4.79 Å². The van der Waals surface area contributed by atoms with Gasteiger partial charge < -0.3 is 10.1 Å². The van der Waals surface area contributed by atoms with E-state index in [1.54, 1.807) is 29.1 Å². The van der Waals surface area contributed by atoms with E-state index >= 15 is 0 Å². The molecule has 9 nitrogen and oxygen atoms in total. The molecule has 0 atom stereocenters. The first-order valence-corrected chi connectivity index (χ1v) is 11.0. The molecule has 0 aliphatic heterocycles. The molecule has 3 aromatic heterocycles. The minimum Gasteiger partial charge on any atom is -0.507 e. The largest absolute Gasteiger partial charge is 0.507 e. The summed E-state index contributed by atoms with van der Waals surface area (Å²) in [5.74, 6) is 0.624. The number of phenols is 1. The lowest BCUT2D eigenvalue weighted by Gasteiger charge is -2.11. The minimum atomic E-state index is -0.195. The molecule has 9 heteroatoms. The Balaban J connectivity index is 1.48. The number of pyridine rings is 1. The summed E-state index contributed by atoms with van der Waals surface area (Å²) in [4.78, 5) is 20.0. The van der Waals surface area contributed by atoms with Crippen molar-refractivity contribution in [2.75, 3.05) is 0 Å². The predicted octanol–water partition coefficient (Wildman–Crippen LogP) is 3.79. The van der Waals surface area contributed by atoms with E-state index in [1.165, 1.54) is 0 Å². The Kier molecular flexibility index (Phi) is 5.73. The second-order valence-electron chi connectivity index (χ2n) is 7.96. The third kappa shape index (κ3) is 3.99. The normalized spacial score (nSPS) is 11.1. The van der Waals surface area contributed by atoms with Crippen LogP contribution in [0.5, 0.6) is 5.75 Å². The van der Waals surface area contributed by atoms with Crippen LogP contribution < -0.4 is 5.69 Å². The van der Waals surface area contributed by atoms with Gasteiger partial charge in [-0.3, -0.25) is 9.55 Å². The summed E-state index contributed by atoms with van der Waals surface area (Å²) < 4.78 is 1.75. The van der Waals surface area contributed by atoms with Gasteiger partial charge in [0.15, 0.2) is 0 Å². The second-order valence-corrected chi connectivity index (χ2v) is 7.96. The molecule has 3 heterocycles. The first-order chi connectivity index (χ1) is 16.7. The monoisotopic (exact) mass is 453 g/mol. The molecule has 0 spiro atoms. The van der Waals surface area contributed by atoms with E-state index in [2.05, 4.69) is 37.5 Å². The average Bonchev–Trinajstić information content (AvgIpc) is 3.50. The van der Waals surface area contributed by atoms with Crippen molar-refractivity contribution in [3.63, 3.8) is 0 Å². The van der Waals surface area contributed by atoms with Crippen molar-refractivity contribution in [1.82, 2.24) is 35.2 Å². The van der Waals surface area contributed by atoms with E-state index in [4.69, 9.17) is 0 Å². The Morgan fingerprint density at radius 2 is 1.82 bits per heavy atom. The first kappa shape index (κ1) is 21.3. The van der Waals surface area contributed by atoms with Gasteiger partial charge >= 0.3 is 5.69 Å². The van der Waals surface area contributed by atoms with Crippen molar-refractivity contribution in [3.8, 4) is 39.5 Å². The standard InChI is InChI=1S/C25H23N7O2/c1-2-5-21-23(19-6-3-4-7-22(19)33)27-25(34)32(21)15-16-8-10-17(11-9-16)18-12-13-26-14-20(18)24-28-30-31-29-24/h3-4,6-14,33H,2,5,15H2,1H3,(H,27,34)(H,28,29,30,31). The molecule has 2 aromatic carbocycles. The van der Waals surface area contributed by atoms with Gasteiger partial charge in [0.1, 0.15) is 5.75 Å². The van der Waals surface area contributed by atoms with E-state index in [-0.39, 0.29) is 11.4 Å². The number of hydrogen-bond donors (Lipinski definition) is 3. The summed E-state index contributed by atoms with van der Waals surface area (Å²) in [5.41, 5.74) is 5.67. The summed E-state index contributed by atoms with van der Waals surface area (Å²) in [6, 6.07) is 17.0. The van der Waals surface area contributed by atoms with Gasteiger partial charge in [-0.15, -0.1) is 10.2 Å². The lowest BCUT2D eigenvalue weighted by atomic mass is 10.00. The third-order valence-corrected chi connectivity index (χ3v) is 5.76. The number of rotatable bonds is 7. The van der Waals surface area contributed by atoms with Crippen molar-refractivity contribution in [2.45, 2.75) is 26.3 Å². The smallest absolute Gasteiger partial charge is 0.326 e. The van der Waals surface area contributed by atoms with Gasteiger partial charge in [-0.05, 0) is 46.5 Å². The Bertz CT molecular complexity index is 1470. The lowest BCUT2D eigenvalue weighted by Crippen LogP contribution is -2.19. The average molecular weight is 454 g/mol. The van der Waals surface area contributed by atoms with Crippen molar-refractivity contribution in [1.29, 1.82) is 0 Å². The Morgan fingerprint density at radius 3 is 2.56 bits per heavy atom. The number of hydrogen-bond acceptors (Lipinski definition) is 6. The fourth-order valence-electron chi connectivity index (χ4n) is 4.15. The van der Waals surface area contributed by atoms with E-state index in [1.807, 2.05) is 42.5 Å². The molecule has 0 saturated heterocycles. The summed E-state index contributed by atoms with van der Waals surface area (Å²) in [6.45, 7) is 2.49. The summed E-state index contributed by atoms with van der Waals surface area (Å²) in [7, 11) is 0. The van der Waals surface area contributed by atoms with Crippen LogP contribution in [0, 0.1) is 0 Å². The molecule has 0 amide bonds. The molecule has 0 bridgehead atoms. The molecule has 0 radical (unpaired) electrons. The van der Waals surface area contributed by atoms with Crippen LogP contribution in [0.2, 0.25) is 0 Å². The van der Waals surface area contributed by atoms with Gasteiger partial charge in [-0.2, -0.15) is 5.21 Å². The van der Waals surface area contributed by atoms with Crippen LogP contribution in [0.1, 0.15) is 24.6 Å². The van der Waals surface area contributed by atoms with Gasteiger partial charge in [0, 0.05) is 29.2 Å². The molecule has 0 unspecified atom stereocenters. The zero-order valence-electron chi connectivity index (χ0n) is 18.6. The molecule has 0 fully saturated rings. The van der Waals surface area contributed by atoms with Gasteiger partial charge in [0.2, 0.25) is 5.82 Å². The van der Waals surface area contributed by atoms with Crippen LogP contribution in [0.15, 0.2) is 71.8 Å². The molecule has 34 heavy (non-hydrogen) atoms. The zero-order valence-corrected chi connectivity index (χ0v) is 18.6. The number of nitrogens with zero attached hydrogens (tertiary/aromatic N) is 5. The number of nitrogens with one attached hydrogen (secondary N) is 2. The van der Waals surface area contributed by atoms with Crippen molar-refractivity contribution < 1.29 is 5.11 Å². The molecule has 170 valence electrons. The topological polar surface area (TPSA) is 125 Å². The Hall–Kier alpha value is -4.53. The maximum atomic E-state index is 12.9. The Morgan fingerprint density at radius 1 is 1.00 bits per heavy atom. The third-order valence-electron chi connectivity index (χ3n) is 5.76. The number of para-hydroxylation sites is 1. The van der Waals surface area contributed by atoms with Crippen molar-refractivity contribution in [3.05, 3.63) is 88.7 Å². The van der Waals surface area contributed by atoms with Crippen LogP contribution in [-0.4, -0.2) is 40.3 Å². The van der Waals surface area contributed by atoms with Crippen LogP contribution in [0.3, 0.4) is 0 Å². The fraction of sp³-hybridized carbons (Fsp3) is 0.160. The van der Waals surface area contributed by atoms with Gasteiger partial charge in [-0.1, -0.05) is 49.7 Å². The highest BCUT2D eigenvalue weighted by molar-refractivity contribution is 5.79. The number of aromatic nitrogens is 7. The van der Waals surface area contributed by atoms with Gasteiger partial charge in [0.25, 0.3) is 0 Å². The number of aromatic amines is 2. The zero-order chi connectivity index (χ0) is 23.5. The molecule has 3 N–H and O–H groups in total. The molecule has 5 aromatic rings. The molecule has 0 saturated carbocycles. The number of imidazole rings is 1. The quantitative estimate of drug-likeness (QED) is 0.344. The van der Waals surface area contributed by atoms with E-state index in [0.717, 1.165) is 34.4 Å². The van der Waals surface area contributed by atoms with E-state index < -0.39 is 0 Å². The summed E-state index contributed by atoms with van der Waals surface area (Å²) in [6.07, 6.45) is 5.03. The second kappa shape index (κ2) is 9.14. The molecular formula is C25H23N7O2. The molecular weight excluding hydrogens is 430 g/mol. The molecule has 0 aliphatic carbocycles. The van der Waals surface area contributed by atoms with Crippen molar-refractivity contribution in [2.24, 2.45) is 0 Å². The van der Waals surface area contributed by atoms with E-state index in [9.17, 15) is 9.90 Å². The molecule has 5 rings (SSSR count). The highest BCUT2D eigenvalue weighted by Crippen LogP contribution is 2.31. The van der Waals surface area contributed by atoms with Crippen LogP contribution in [-0.2, 0) is 13.0 Å². The maximum absolute atomic E-state index is 12.9. The predicted molar refractivity (Wildman–Crippen MR) is 128 cm³/mol. The lowest BCUT2D eigenvalue weighted by molar-refractivity contribution is 0.477. The fourth-order valence-corrected chi connectivity index (χ4v) is 4.15. The van der Waals surface area contributed by atoms with Crippen LogP contribution in [0.25, 0.3) is 33.8 Å². The number of aromatic hydroxyl groups is 1. The van der Waals surface area contributed by atoms with Gasteiger partial charge in [0.05, 0.1) is 12.2 Å². The highest BCUT2D eigenvalue weighted by atomic mass is 16.3. The van der Waals surface area contributed by atoms with Crippen molar-refractivity contribution >= 4 is 0 Å². The SMILES string of the molecule is CCCc1c(-c2ccccc2O)[nH]c(=O)n1Cc1ccc(-c2ccncc2-c2nn[nH]n2)cc1. The highest BCUT2D eigenvalue weighted by Gasteiger charge is 2.18.